The molecule has 0 rings (SSSR count). The summed E-state index contributed by atoms with van der Waals surface area (Å²) < 4.78 is 0. The fourth-order valence-electron chi connectivity index (χ4n) is 2.33. The van der Waals surface area contributed by atoms with Gasteiger partial charge in [-0.3, -0.25) is 4.79 Å². The molecular weight excluding hydrogens is 198 g/mol. The topological polar surface area (TPSA) is 29.1 Å². The zero-order chi connectivity index (χ0) is 13.0. The van der Waals surface area contributed by atoms with Crippen molar-refractivity contribution in [1.82, 2.24) is 5.32 Å². The zero-order valence-corrected chi connectivity index (χ0v) is 12.1. The van der Waals surface area contributed by atoms with Crippen LogP contribution in [0.15, 0.2) is 0 Å². The molecule has 0 fully saturated rings. The number of hydrogen-bond donors (Lipinski definition) is 1. The highest BCUT2D eigenvalue weighted by Gasteiger charge is 2.36. The first-order valence-electron chi connectivity index (χ1n) is 6.48. The lowest BCUT2D eigenvalue weighted by atomic mass is 9.72. The standard InChI is InChI=1S/C14H29NO/c1-8-13(6,12(5)16)10-14(7,9-2)15-11(3)4/h11,15H,8-10H2,1-7H3. The van der Waals surface area contributed by atoms with E-state index in [4.69, 9.17) is 0 Å². The van der Waals surface area contributed by atoms with Gasteiger partial charge in [0.25, 0.3) is 0 Å². The van der Waals surface area contributed by atoms with Gasteiger partial charge in [0.15, 0.2) is 0 Å². The number of ketones is 1. The van der Waals surface area contributed by atoms with E-state index in [0.717, 1.165) is 19.3 Å². The minimum atomic E-state index is -0.188. The van der Waals surface area contributed by atoms with Gasteiger partial charge in [0, 0.05) is 17.0 Å². The van der Waals surface area contributed by atoms with E-state index in [1.165, 1.54) is 0 Å². The molecule has 1 N–H and O–H groups in total. The number of hydrogen-bond acceptors (Lipinski definition) is 2. The summed E-state index contributed by atoms with van der Waals surface area (Å²) in [5, 5.41) is 3.60. The Kier molecular flexibility index (Phi) is 5.67. The average molecular weight is 227 g/mol. The van der Waals surface area contributed by atoms with Crippen LogP contribution in [0.1, 0.15) is 67.7 Å². The molecule has 2 unspecified atom stereocenters. The quantitative estimate of drug-likeness (QED) is 0.720. The first-order chi connectivity index (χ1) is 7.19. The van der Waals surface area contributed by atoms with Crippen LogP contribution in [0.2, 0.25) is 0 Å². The summed E-state index contributed by atoms with van der Waals surface area (Å²) >= 11 is 0. The fourth-order valence-corrected chi connectivity index (χ4v) is 2.33. The Balaban J connectivity index is 4.80. The van der Waals surface area contributed by atoms with E-state index in [9.17, 15) is 4.79 Å². The van der Waals surface area contributed by atoms with E-state index in [2.05, 4.69) is 46.9 Å². The van der Waals surface area contributed by atoms with Crippen molar-refractivity contribution >= 4 is 5.78 Å². The summed E-state index contributed by atoms with van der Waals surface area (Å²) in [5.41, 5.74) is -0.128. The summed E-state index contributed by atoms with van der Waals surface area (Å²) in [5.74, 6) is 0.306. The zero-order valence-electron chi connectivity index (χ0n) is 12.1. The minimum absolute atomic E-state index is 0.0601. The summed E-state index contributed by atoms with van der Waals surface area (Å²) in [6.07, 6.45) is 2.88. The Morgan fingerprint density at radius 1 is 1.19 bits per heavy atom. The van der Waals surface area contributed by atoms with Gasteiger partial charge in [-0.1, -0.05) is 34.6 Å². The van der Waals surface area contributed by atoms with E-state index in [1.807, 2.05) is 0 Å². The molecule has 0 aromatic carbocycles. The summed E-state index contributed by atoms with van der Waals surface area (Å²) in [6.45, 7) is 14.6. The lowest BCUT2D eigenvalue weighted by Crippen LogP contribution is -2.49. The molecule has 0 aliphatic carbocycles. The molecule has 0 aliphatic heterocycles. The highest BCUT2D eigenvalue weighted by atomic mass is 16.1. The molecule has 0 spiro atoms. The summed E-state index contributed by atoms with van der Waals surface area (Å²) in [7, 11) is 0. The van der Waals surface area contributed by atoms with Gasteiger partial charge in [0.1, 0.15) is 5.78 Å². The van der Waals surface area contributed by atoms with Crippen LogP contribution in [0.5, 0.6) is 0 Å². The van der Waals surface area contributed by atoms with E-state index < -0.39 is 0 Å². The van der Waals surface area contributed by atoms with E-state index >= 15 is 0 Å². The minimum Gasteiger partial charge on any atom is -0.309 e. The van der Waals surface area contributed by atoms with Crippen molar-refractivity contribution < 1.29 is 4.79 Å². The highest BCUT2D eigenvalue weighted by Crippen LogP contribution is 2.34. The van der Waals surface area contributed by atoms with Gasteiger partial charge < -0.3 is 5.32 Å². The van der Waals surface area contributed by atoms with Gasteiger partial charge in [-0.2, -0.15) is 0 Å². The van der Waals surface area contributed by atoms with Gasteiger partial charge in [-0.15, -0.1) is 0 Å². The van der Waals surface area contributed by atoms with Crippen LogP contribution in [0.25, 0.3) is 0 Å². The van der Waals surface area contributed by atoms with Crippen molar-refractivity contribution in [3.05, 3.63) is 0 Å². The van der Waals surface area contributed by atoms with Gasteiger partial charge in [-0.05, 0) is 33.1 Å². The number of nitrogens with one attached hydrogen (secondary N) is 1. The second kappa shape index (κ2) is 5.81. The van der Waals surface area contributed by atoms with Crippen molar-refractivity contribution in [2.45, 2.75) is 79.3 Å². The molecule has 0 saturated carbocycles. The molecule has 0 aliphatic rings. The first kappa shape index (κ1) is 15.6. The molecule has 2 nitrogen and oxygen atoms in total. The number of carbonyl (C=O) groups is 1. The van der Waals surface area contributed by atoms with Gasteiger partial charge in [0.2, 0.25) is 0 Å². The molecule has 96 valence electrons. The lowest BCUT2D eigenvalue weighted by Gasteiger charge is -2.39. The van der Waals surface area contributed by atoms with E-state index in [0.29, 0.717) is 11.8 Å². The third-order valence-electron chi connectivity index (χ3n) is 3.83. The van der Waals surface area contributed by atoms with Crippen molar-refractivity contribution in [3.63, 3.8) is 0 Å². The van der Waals surface area contributed by atoms with Crippen molar-refractivity contribution in [3.8, 4) is 0 Å². The molecule has 0 bridgehead atoms. The smallest absolute Gasteiger partial charge is 0.135 e. The molecular formula is C14H29NO. The third-order valence-corrected chi connectivity index (χ3v) is 3.83. The molecule has 0 aromatic heterocycles. The maximum absolute atomic E-state index is 11.7. The van der Waals surface area contributed by atoms with Crippen LogP contribution in [0.4, 0.5) is 0 Å². The molecule has 0 amide bonds. The predicted octanol–water partition coefficient (Wildman–Crippen LogP) is 3.55. The maximum Gasteiger partial charge on any atom is 0.135 e. The lowest BCUT2D eigenvalue weighted by molar-refractivity contribution is -0.127. The monoisotopic (exact) mass is 227 g/mol. The van der Waals surface area contributed by atoms with Crippen molar-refractivity contribution in [2.75, 3.05) is 0 Å². The second-order valence-corrected chi connectivity index (χ2v) is 5.86. The average Bonchev–Trinajstić information content (AvgIpc) is 2.16. The third kappa shape index (κ3) is 4.25. The fraction of sp³-hybridized carbons (Fsp3) is 0.929. The molecule has 0 saturated heterocycles. The molecule has 2 heteroatoms. The van der Waals surface area contributed by atoms with Crippen LogP contribution in [-0.2, 0) is 4.79 Å². The Morgan fingerprint density at radius 3 is 1.94 bits per heavy atom. The first-order valence-corrected chi connectivity index (χ1v) is 6.48. The Bertz CT molecular complexity index is 237. The van der Waals surface area contributed by atoms with Crippen LogP contribution in [0, 0.1) is 5.41 Å². The second-order valence-electron chi connectivity index (χ2n) is 5.86. The van der Waals surface area contributed by atoms with Gasteiger partial charge in [-0.25, -0.2) is 0 Å². The molecule has 16 heavy (non-hydrogen) atoms. The largest absolute Gasteiger partial charge is 0.309 e. The molecule has 0 aromatic rings. The summed E-state index contributed by atoms with van der Waals surface area (Å²) in [6, 6.07) is 0.456. The molecule has 0 heterocycles. The SMILES string of the molecule is CCC(C)(CC(C)(CC)C(C)=O)NC(C)C. The molecule has 0 radical (unpaired) electrons. The highest BCUT2D eigenvalue weighted by molar-refractivity contribution is 5.81. The van der Waals surface area contributed by atoms with Crippen LogP contribution in [-0.4, -0.2) is 17.4 Å². The number of Topliss-reactive ketones (excluding diaryl/α,β-unsaturated/α-hetero) is 1. The summed E-state index contributed by atoms with van der Waals surface area (Å²) in [4.78, 5) is 11.7. The predicted molar refractivity (Wildman–Crippen MR) is 70.7 cm³/mol. The maximum atomic E-state index is 11.7. The van der Waals surface area contributed by atoms with E-state index in [1.54, 1.807) is 6.92 Å². The Morgan fingerprint density at radius 2 is 1.69 bits per heavy atom. The number of carbonyl (C=O) groups excluding carboxylic acids is 1. The van der Waals surface area contributed by atoms with E-state index in [-0.39, 0.29) is 11.0 Å². The van der Waals surface area contributed by atoms with Crippen molar-refractivity contribution in [1.29, 1.82) is 0 Å². The van der Waals surface area contributed by atoms with Crippen LogP contribution >= 0.6 is 0 Å². The Hall–Kier alpha value is -0.370. The van der Waals surface area contributed by atoms with Gasteiger partial charge >= 0.3 is 0 Å². The molecule has 2 atom stereocenters. The normalized spacial score (nSPS) is 19.2. The number of rotatable bonds is 7. The van der Waals surface area contributed by atoms with Gasteiger partial charge in [0.05, 0.1) is 0 Å². The van der Waals surface area contributed by atoms with Crippen LogP contribution < -0.4 is 5.32 Å². The van der Waals surface area contributed by atoms with Crippen molar-refractivity contribution in [2.24, 2.45) is 5.41 Å². The van der Waals surface area contributed by atoms with Crippen LogP contribution in [0.3, 0.4) is 0 Å². The Labute approximate surface area is 101 Å².